The van der Waals surface area contributed by atoms with Crippen molar-refractivity contribution in [3.05, 3.63) is 29.8 Å². The molecule has 0 heterocycles. The van der Waals surface area contributed by atoms with Crippen molar-refractivity contribution in [2.45, 2.75) is 25.4 Å². The van der Waals surface area contributed by atoms with Crippen molar-refractivity contribution in [3.8, 4) is 0 Å². The summed E-state index contributed by atoms with van der Waals surface area (Å²) in [7, 11) is 0. The molecule has 4 nitrogen and oxygen atoms in total. The Bertz CT molecular complexity index is 644. The molecule has 0 aromatic heterocycles. The van der Waals surface area contributed by atoms with E-state index in [4.69, 9.17) is 0 Å². The third kappa shape index (κ3) is 2.92. The number of halogens is 3. The first-order chi connectivity index (χ1) is 10.8. The summed E-state index contributed by atoms with van der Waals surface area (Å²) in [4.78, 5) is 23.7. The van der Waals surface area contributed by atoms with Crippen molar-refractivity contribution < 1.29 is 27.9 Å². The molecular formula is C16H15F3NO3-. The fraction of sp³-hybridized carbons (Fsp3) is 0.500. The predicted octanol–water partition coefficient (Wildman–Crippen LogP) is 2.06. The number of aliphatic carboxylic acids is 1. The third-order valence-corrected chi connectivity index (χ3v) is 4.95. The highest BCUT2D eigenvalue weighted by Crippen LogP contribution is 2.52. The maximum atomic E-state index is 12.7. The van der Waals surface area contributed by atoms with Gasteiger partial charge < -0.3 is 15.2 Å². The van der Waals surface area contributed by atoms with Gasteiger partial charge in [-0.05, 0) is 49.3 Å². The number of nitrogens with one attached hydrogen (secondary N) is 1. The number of carboxylic acids is 1. The van der Waals surface area contributed by atoms with Gasteiger partial charge in [0.25, 0.3) is 0 Å². The fourth-order valence-electron chi connectivity index (χ4n) is 4.01. The Labute approximate surface area is 130 Å². The number of amides is 1. The lowest BCUT2D eigenvalue weighted by Crippen LogP contribution is -2.43. The van der Waals surface area contributed by atoms with Crippen LogP contribution in [0.3, 0.4) is 0 Å². The number of carbonyl (C=O) groups is 2. The summed E-state index contributed by atoms with van der Waals surface area (Å²) in [6.45, 7) is 0. The molecule has 0 saturated heterocycles. The second-order valence-corrected chi connectivity index (χ2v) is 6.27. The number of hydrogen-bond donors (Lipinski definition) is 1. The minimum Gasteiger partial charge on any atom is -0.550 e. The highest BCUT2D eigenvalue weighted by Gasteiger charge is 2.51. The van der Waals surface area contributed by atoms with Gasteiger partial charge in [0.2, 0.25) is 5.91 Å². The molecule has 124 valence electrons. The minimum atomic E-state index is -4.50. The number of benzene rings is 1. The van der Waals surface area contributed by atoms with Gasteiger partial charge in [0.15, 0.2) is 0 Å². The van der Waals surface area contributed by atoms with E-state index in [1.165, 1.54) is 12.1 Å². The largest absolute Gasteiger partial charge is 0.550 e. The molecule has 3 rings (SSSR count). The Balaban J connectivity index is 1.78. The molecule has 2 aliphatic rings. The Hall–Kier alpha value is -2.05. The van der Waals surface area contributed by atoms with Gasteiger partial charge >= 0.3 is 6.18 Å². The zero-order chi connectivity index (χ0) is 16.8. The van der Waals surface area contributed by atoms with E-state index in [0.29, 0.717) is 6.42 Å². The van der Waals surface area contributed by atoms with Gasteiger partial charge in [-0.2, -0.15) is 13.2 Å². The van der Waals surface area contributed by atoms with Crippen LogP contribution in [-0.4, -0.2) is 11.9 Å². The number of anilines is 1. The molecule has 2 bridgehead atoms. The summed E-state index contributed by atoms with van der Waals surface area (Å²) in [6, 6.07) is 4.32. The van der Waals surface area contributed by atoms with Gasteiger partial charge in [0, 0.05) is 23.5 Å². The Morgan fingerprint density at radius 1 is 1.13 bits per heavy atom. The average molecular weight is 326 g/mol. The van der Waals surface area contributed by atoms with E-state index >= 15 is 0 Å². The molecule has 2 saturated carbocycles. The smallest absolute Gasteiger partial charge is 0.416 e. The van der Waals surface area contributed by atoms with Crippen LogP contribution in [0.15, 0.2) is 24.3 Å². The molecule has 2 aliphatic carbocycles. The molecule has 23 heavy (non-hydrogen) atoms. The highest BCUT2D eigenvalue weighted by molar-refractivity contribution is 5.95. The Kier molecular flexibility index (Phi) is 3.82. The maximum absolute atomic E-state index is 12.7. The van der Waals surface area contributed by atoms with Crippen molar-refractivity contribution in [2.24, 2.45) is 23.7 Å². The summed E-state index contributed by atoms with van der Waals surface area (Å²) in [6.07, 6.45) is -2.30. The number of fused-ring (bicyclic) bond motifs is 2. The molecule has 0 unspecified atom stereocenters. The molecule has 0 spiro atoms. The van der Waals surface area contributed by atoms with Crippen LogP contribution >= 0.6 is 0 Å². The van der Waals surface area contributed by atoms with Crippen LogP contribution in [-0.2, 0) is 15.8 Å². The Morgan fingerprint density at radius 3 is 2.39 bits per heavy atom. The van der Waals surface area contributed by atoms with Gasteiger partial charge in [0.1, 0.15) is 0 Å². The first-order valence-electron chi connectivity index (χ1n) is 7.46. The zero-order valence-electron chi connectivity index (χ0n) is 12.1. The van der Waals surface area contributed by atoms with Crippen molar-refractivity contribution >= 4 is 17.6 Å². The highest BCUT2D eigenvalue weighted by atomic mass is 19.4. The Morgan fingerprint density at radius 2 is 1.78 bits per heavy atom. The van der Waals surface area contributed by atoms with E-state index < -0.39 is 35.5 Å². The van der Waals surface area contributed by atoms with Crippen LogP contribution in [0.1, 0.15) is 24.8 Å². The van der Waals surface area contributed by atoms with Crippen molar-refractivity contribution in [1.29, 1.82) is 0 Å². The van der Waals surface area contributed by atoms with Crippen LogP contribution in [0.25, 0.3) is 0 Å². The van der Waals surface area contributed by atoms with Crippen molar-refractivity contribution in [3.63, 3.8) is 0 Å². The van der Waals surface area contributed by atoms with Gasteiger partial charge in [-0.1, -0.05) is 6.07 Å². The summed E-state index contributed by atoms with van der Waals surface area (Å²) in [5, 5.41) is 13.7. The summed E-state index contributed by atoms with van der Waals surface area (Å²) >= 11 is 0. The maximum Gasteiger partial charge on any atom is 0.416 e. The van der Waals surface area contributed by atoms with E-state index in [0.717, 1.165) is 25.0 Å². The molecule has 4 atom stereocenters. The quantitative estimate of drug-likeness (QED) is 0.924. The molecule has 1 amide bonds. The first kappa shape index (κ1) is 15.8. The number of alkyl halides is 3. The monoisotopic (exact) mass is 326 g/mol. The molecular weight excluding hydrogens is 311 g/mol. The van der Waals surface area contributed by atoms with E-state index in [-0.39, 0.29) is 17.5 Å². The van der Waals surface area contributed by atoms with Gasteiger partial charge in [-0.25, -0.2) is 0 Å². The number of carbonyl (C=O) groups excluding carboxylic acids is 2. The van der Waals surface area contributed by atoms with Gasteiger partial charge in [-0.15, -0.1) is 0 Å². The summed E-state index contributed by atoms with van der Waals surface area (Å²) in [5.74, 6) is -3.46. The van der Waals surface area contributed by atoms with Crippen LogP contribution in [0.4, 0.5) is 18.9 Å². The van der Waals surface area contributed by atoms with Crippen LogP contribution in [0, 0.1) is 23.7 Å². The van der Waals surface area contributed by atoms with Crippen LogP contribution in [0.2, 0.25) is 0 Å². The summed E-state index contributed by atoms with van der Waals surface area (Å²) in [5.41, 5.74) is -0.843. The lowest BCUT2D eigenvalue weighted by atomic mass is 9.78. The molecule has 1 aromatic carbocycles. The minimum absolute atomic E-state index is 0.0182. The molecule has 1 aromatic rings. The van der Waals surface area contributed by atoms with E-state index in [1.807, 2.05) is 0 Å². The molecule has 0 aliphatic heterocycles. The molecule has 7 heteroatoms. The topological polar surface area (TPSA) is 69.2 Å². The lowest BCUT2D eigenvalue weighted by Gasteiger charge is -2.30. The van der Waals surface area contributed by atoms with Crippen molar-refractivity contribution in [2.75, 3.05) is 5.32 Å². The lowest BCUT2D eigenvalue weighted by molar-refractivity contribution is -0.314. The average Bonchev–Trinajstić information content (AvgIpc) is 3.07. The molecule has 0 radical (unpaired) electrons. The SMILES string of the molecule is O=C([O-])[C@H]1[C@H]2CC[C@H](C2)[C@@H]1C(=O)Nc1cccc(C(F)(F)F)c1. The number of hydrogen-bond acceptors (Lipinski definition) is 3. The fourth-order valence-corrected chi connectivity index (χ4v) is 4.01. The second-order valence-electron chi connectivity index (χ2n) is 6.27. The van der Waals surface area contributed by atoms with Gasteiger partial charge in [0.05, 0.1) is 5.56 Å². The van der Waals surface area contributed by atoms with E-state index in [1.54, 1.807) is 0 Å². The predicted molar refractivity (Wildman–Crippen MR) is 72.9 cm³/mol. The van der Waals surface area contributed by atoms with E-state index in [2.05, 4.69) is 5.32 Å². The normalized spacial score (nSPS) is 29.5. The first-order valence-corrected chi connectivity index (χ1v) is 7.46. The second kappa shape index (κ2) is 5.54. The molecule has 2 fully saturated rings. The van der Waals surface area contributed by atoms with Gasteiger partial charge in [-0.3, -0.25) is 4.79 Å². The zero-order valence-corrected chi connectivity index (χ0v) is 12.1. The van der Waals surface area contributed by atoms with E-state index in [9.17, 15) is 27.9 Å². The van der Waals surface area contributed by atoms with Crippen LogP contribution < -0.4 is 10.4 Å². The molecule has 1 N–H and O–H groups in total. The summed E-state index contributed by atoms with van der Waals surface area (Å²) < 4.78 is 38.1. The standard InChI is InChI=1S/C16H16F3NO3/c17-16(18,19)10-2-1-3-11(7-10)20-14(21)12-8-4-5-9(6-8)13(12)15(22)23/h1-3,7-9,12-13H,4-6H2,(H,20,21)(H,22,23)/p-1/t8-,9+,12+,13+/m1/s1. The number of rotatable bonds is 3. The van der Waals surface area contributed by atoms with Crippen molar-refractivity contribution in [1.82, 2.24) is 0 Å². The third-order valence-electron chi connectivity index (χ3n) is 4.95. The number of carboxylic acid groups (broad SMARTS) is 1. The van der Waals surface area contributed by atoms with Crippen LogP contribution in [0.5, 0.6) is 0 Å².